The molecule has 178 valence electrons. The molecule has 5 heterocycles. The van der Waals surface area contributed by atoms with Gasteiger partial charge in [0.05, 0.1) is 37.8 Å². The average molecular weight is 486 g/mol. The second-order valence-corrected chi connectivity index (χ2v) is 9.14. The fourth-order valence-corrected chi connectivity index (χ4v) is 5.34. The van der Waals surface area contributed by atoms with E-state index in [0.717, 1.165) is 49.1 Å². The van der Waals surface area contributed by atoms with E-state index in [-0.39, 0.29) is 12.1 Å². The van der Waals surface area contributed by atoms with Crippen LogP contribution in [0.5, 0.6) is 0 Å². The Kier molecular flexibility index (Phi) is 5.98. The van der Waals surface area contributed by atoms with Gasteiger partial charge in [-0.3, -0.25) is 4.98 Å². The molecule has 1 aromatic carbocycles. The first-order valence-corrected chi connectivity index (χ1v) is 12.3. The maximum Gasteiger partial charge on any atom is 0.174 e. The van der Waals surface area contributed by atoms with Crippen molar-refractivity contribution >= 4 is 28.7 Å². The van der Waals surface area contributed by atoms with E-state index in [1.54, 1.807) is 6.26 Å². The number of morpholine rings is 1. The summed E-state index contributed by atoms with van der Waals surface area (Å²) < 4.78 is 13.4. The van der Waals surface area contributed by atoms with Gasteiger partial charge >= 0.3 is 0 Å². The lowest BCUT2D eigenvalue weighted by Gasteiger charge is -2.31. The van der Waals surface area contributed by atoms with Crippen molar-refractivity contribution in [1.82, 2.24) is 14.9 Å². The van der Waals surface area contributed by atoms with Gasteiger partial charge in [-0.05, 0) is 72.9 Å². The number of ether oxygens (including phenoxy) is 1. The van der Waals surface area contributed by atoms with Crippen LogP contribution in [0.4, 0.5) is 11.4 Å². The number of rotatable bonds is 6. The number of pyridine rings is 1. The smallest absolute Gasteiger partial charge is 0.174 e. The summed E-state index contributed by atoms with van der Waals surface area (Å²) in [6.45, 7) is 4.00. The summed E-state index contributed by atoms with van der Waals surface area (Å²) >= 11 is 5.90. The normalized spacial score (nSPS) is 20.3. The predicted molar refractivity (Wildman–Crippen MR) is 140 cm³/mol. The Bertz CT molecular complexity index is 1270. The van der Waals surface area contributed by atoms with E-state index in [0.29, 0.717) is 11.7 Å². The minimum absolute atomic E-state index is 0.0726. The lowest BCUT2D eigenvalue weighted by molar-refractivity contribution is 0.122. The van der Waals surface area contributed by atoms with Gasteiger partial charge in [-0.2, -0.15) is 0 Å². The largest absolute Gasteiger partial charge is 0.467 e. The number of thiocarbonyl (C=S) groups is 1. The summed E-state index contributed by atoms with van der Waals surface area (Å²) in [7, 11) is 0. The molecule has 0 amide bonds. The number of nitrogens with zero attached hydrogens (tertiary/aromatic N) is 4. The Hall–Kier alpha value is -3.62. The monoisotopic (exact) mass is 485 g/mol. The number of nitrogens with one attached hydrogen (secondary N) is 1. The summed E-state index contributed by atoms with van der Waals surface area (Å²) in [5.74, 6) is 0.909. The van der Waals surface area contributed by atoms with E-state index in [4.69, 9.17) is 21.4 Å². The van der Waals surface area contributed by atoms with E-state index in [9.17, 15) is 0 Å². The van der Waals surface area contributed by atoms with E-state index >= 15 is 0 Å². The molecule has 2 fully saturated rings. The van der Waals surface area contributed by atoms with Crippen molar-refractivity contribution < 1.29 is 9.15 Å². The SMILES string of the molecule is S=C1N[C@@H](c2ccccn2)[C@H](c2cccn2Cc2ccco2)N1c1ccc(N2CCOCC2)cc1. The first kappa shape index (κ1) is 21.9. The Balaban J connectivity index is 1.37. The third-order valence-electron chi connectivity index (χ3n) is 6.68. The quantitative estimate of drug-likeness (QED) is 0.403. The number of benzene rings is 1. The van der Waals surface area contributed by atoms with E-state index < -0.39 is 0 Å². The zero-order chi connectivity index (χ0) is 23.6. The van der Waals surface area contributed by atoms with Crippen LogP contribution in [0.15, 0.2) is 89.8 Å². The molecular weight excluding hydrogens is 458 g/mol. The topological polar surface area (TPSA) is 58.7 Å². The lowest BCUT2D eigenvalue weighted by atomic mass is 10.0. The van der Waals surface area contributed by atoms with Gasteiger partial charge in [0.1, 0.15) is 11.8 Å². The molecule has 35 heavy (non-hydrogen) atoms. The van der Waals surface area contributed by atoms with Crippen molar-refractivity contribution in [1.29, 1.82) is 0 Å². The molecule has 0 spiro atoms. The standard InChI is InChI=1S/C27H27N5O2S/c35-27-29-25(23-6-1-2-12-28-23)26(24-7-3-13-31(24)19-22-5-4-16-34-22)32(27)21-10-8-20(9-11-21)30-14-17-33-18-15-30/h1-13,16,25-26H,14-15,17-19H2,(H,29,35)/t25-,26-/m0/s1. The highest BCUT2D eigenvalue weighted by atomic mass is 32.1. The molecule has 2 aliphatic rings. The van der Waals surface area contributed by atoms with Gasteiger partial charge in [0.25, 0.3) is 0 Å². The van der Waals surface area contributed by atoms with Crippen LogP contribution < -0.4 is 15.1 Å². The van der Waals surface area contributed by atoms with Crippen molar-refractivity contribution in [3.05, 3.63) is 103 Å². The number of hydrogen-bond donors (Lipinski definition) is 1. The van der Waals surface area contributed by atoms with Crippen LogP contribution in [0.1, 0.15) is 29.2 Å². The van der Waals surface area contributed by atoms with Crippen LogP contribution >= 0.6 is 12.2 Å². The molecule has 0 bridgehead atoms. The second-order valence-electron chi connectivity index (χ2n) is 8.75. The van der Waals surface area contributed by atoms with Crippen molar-refractivity contribution in [2.24, 2.45) is 0 Å². The van der Waals surface area contributed by atoms with Crippen LogP contribution in [-0.4, -0.2) is 41.0 Å². The van der Waals surface area contributed by atoms with Gasteiger partial charge in [0.2, 0.25) is 0 Å². The first-order valence-electron chi connectivity index (χ1n) is 11.9. The van der Waals surface area contributed by atoms with Crippen LogP contribution in [-0.2, 0) is 11.3 Å². The third-order valence-corrected chi connectivity index (χ3v) is 6.99. The lowest BCUT2D eigenvalue weighted by Crippen LogP contribution is -2.36. The maximum absolute atomic E-state index is 5.90. The van der Waals surface area contributed by atoms with E-state index in [2.05, 4.69) is 73.3 Å². The van der Waals surface area contributed by atoms with Gasteiger partial charge in [-0.1, -0.05) is 6.07 Å². The van der Waals surface area contributed by atoms with Crippen molar-refractivity contribution in [3.8, 4) is 0 Å². The average Bonchev–Trinajstić information content (AvgIpc) is 3.66. The Morgan fingerprint density at radius 2 is 1.77 bits per heavy atom. The summed E-state index contributed by atoms with van der Waals surface area (Å²) in [5.41, 5.74) is 4.35. The fourth-order valence-electron chi connectivity index (χ4n) is 4.99. The molecule has 2 saturated heterocycles. The summed E-state index contributed by atoms with van der Waals surface area (Å²) in [5, 5.41) is 4.24. The zero-order valence-electron chi connectivity index (χ0n) is 19.3. The molecule has 4 aromatic rings. The second kappa shape index (κ2) is 9.56. The highest BCUT2D eigenvalue weighted by molar-refractivity contribution is 7.80. The summed E-state index contributed by atoms with van der Waals surface area (Å²) in [6.07, 6.45) is 5.64. The van der Waals surface area contributed by atoms with Crippen molar-refractivity contribution in [2.75, 3.05) is 36.1 Å². The van der Waals surface area contributed by atoms with Gasteiger partial charge in [-0.15, -0.1) is 0 Å². The van der Waals surface area contributed by atoms with E-state index in [1.807, 2.05) is 30.5 Å². The molecule has 6 rings (SSSR count). The molecule has 0 radical (unpaired) electrons. The molecule has 3 aromatic heterocycles. The molecular formula is C27H27N5O2S. The van der Waals surface area contributed by atoms with Gasteiger partial charge in [-0.25, -0.2) is 0 Å². The first-order chi connectivity index (χ1) is 17.3. The zero-order valence-corrected chi connectivity index (χ0v) is 20.1. The Labute approximate surface area is 209 Å². The van der Waals surface area contributed by atoms with Gasteiger partial charge < -0.3 is 28.8 Å². The van der Waals surface area contributed by atoms with Crippen LogP contribution in [0, 0.1) is 0 Å². The number of aromatic nitrogens is 2. The van der Waals surface area contributed by atoms with Gasteiger partial charge in [0, 0.05) is 42.6 Å². The molecule has 0 unspecified atom stereocenters. The Morgan fingerprint density at radius 1 is 0.943 bits per heavy atom. The van der Waals surface area contributed by atoms with Crippen LogP contribution in [0.3, 0.4) is 0 Å². The highest BCUT2D eigenvalue weighted by Crippen LogP contribution is 2.42. The number of furan rings is 1. The molecule has 0 saturated carbocycles. The third kappa shape index (κ3) is 4.31. The molecule has 0 aliphatic carbocycles. The highest BCUT2D eigenvalue weighted by Gasteiger charge is 2.42. The van der Waals surface area contributed by atoms with Crippen molar-refractivity contribution in [2.45, 2.75) is 18.6 Å². The van der Waals surface area contributed by atoms with Crippen molar-refractivity contribution in [3.63, 3.8) is 0 Å². The van der Waals surface area contributed by atoms with Crippen LogP contribution in [0.25, 0.3) is 0 Å². The molecule has 1 N–H and O–H groups in total. The molecule has 2 atom stereocenters. The number of anilines is 2. The minimum Gasteiger partial charge on any atom is -0.467 e. The maximum atomic E-state index is 5.90. The van der Waals surface area contributed by atoms with Crippen LogP contribution in [0.2, 0.25) is 0 Å². The van der Waals surface area contributed by atoms with E-state index in [1.165, 1.54) is 5.69 Å². The molecule has 8 heteroatoms. The Morgan fingerprint density at radius 3 is 2.51 bits per heavy atom. The molecule has 7 nitrogen and oxygen atoms in total. The fraction of sp³-hybridized carbons (Fsp3) is 0.259. The summed E-state index contributed by atoms with van der Waals surface area (Å²) in [4.78, 5) is 9.24. The van der Waals surface area contributed by atoms with Gasteiger partial charge in [0.15, 0.2) is 5.11 Å². The predicted octanol–water partition coefficient (Wildman–Crippen LogP) is 4.54. The minimum atomic E-state index is -0.0899. The summed E-state index contributed by atoms with van der Waals surface area (Å²) in [6, 6.07) is 22.7. The molecule has 2 aliphatic heterocycles. The number of hydrogen-bond acceptors (Lipinski definition) is 5.